The molecule has 23 heavy (non-hydrogen) atoms. The van der Waals surface area contributed by atoms with Crippen LogP contribution < -0.4 is 5.32 Å². The molecular weight excluding hydrogens is 314 g/mol. The fourth-order valence-corrected chi connectivity index (χ4v) is 2.92. The normalized spacial score (nSPS) is 17.0. The number of aromatic nitrogens is 2. The van der Waals surface area contributed by atoms with Gasteiger partial charge >= 0.3 is 0 Å². The Labute approximate surface area is 140 Å². The highest BCUT2D eigenvalue weighted by Crippen LogP contribution is 2.24. The zero-order chi connectivity index (χ0) is 16.2. The van der Waals surface area contributed by atoms with Gasteiger partial charge in [0.1, 0.15) is 0 Å². The van der Waals surface area contributed by atoms with Crippen LogP contribution in [0.15, 0.2) is 36.5 Å². The highest BCUT2D eigenvalue weighted by atomic mass is 35.5. The van der Waals surface area contributed by atoms with Crippen molar-refractivity contribution in [3.05, 3.63) is 52.8 Å². The number of halogens is 1. The van der Waals surface area contributed by atoms with E-state index in [0.717, 1.165) is 24.1 Å². The van der Waals surface area contributed by atoms with E-state index in [9.17, 15) is 4.79 Å². The van der Waals surface area contributed by atoms with E-state index in [0.29, 0.717) is 18.2 Å². The minimum absolute atomic E-state index is 0.00209. The number of aryl methyl sites for hydroxylation is 1. The molecule has 1 aliphatic heterocycles. The van der Waals surface area contributed by atoms with Crippen LogP contribution in [0.5, 0.6) is 0 Å². The molecule has 5 nitrogen and oxygen atoms in total. The maximum Gasteiger partial charge on any atom is 0.224 e. The molecule has 0 unspecified atom stereocenters. The molecule has 0 radical (unpaired) electrons. The van der Waals surface area contributed by atoms with Crippen LogP contribution in [0.25, 0.3) is 0 Å². The molecule has 1 aromatic carbocycles. The molecule has 2 aromatic rings. The number of nitrogens with one attached hydrogen (secondary N) is 1. The molecule has 0 spiro atoms. The Kier molecular flexibility index (Phi) is 4.98. The van der Waals surface area contributed by atoms with Gasteiger partial charge in [0.2, 0.25) is 5.91 Å². The van der Waals surface area contributed by atoms with E-state index < -0.39 is 0 Å². The first-order valence-corrected chi connectivity index (χ1v) is 8.14. The fraction of sp³-hybridized carbons (Fsp3) is 0.412. The summed E-state index contributed by atoms with van der Waals surface area (Å²) in [4.78, 5) is 12.6. The van der Waals surface area contributed by atoms with Gasteiger partial charge in [0.25, 0.3) is 0 Å². The summed E-state index contributed by atoms with van der Waals surface area (Å²) in [6, 6.07) is 9.14. The van der Waals surface area contributed by atoms with Crippen LogP contribution in [0.1, 0.15) is 30.1 Å². The number of carbonyl (C=O) groups is 1. The summed E-state index contributed by atoms with van der Waals surface area (Å²) >= 11 is 5.97. The largest absolute Gasteiger partial charge is 0.381 e. The third kappa shape index (κ3) is 3.92. The topological polar surface area (TPSA) is 56.2 Å². The van der Waals surface area contributed by atoms with E-state index in [1.54, 1.807) is 4.68 Å². The molecule has 1 aliphatic rings. The Bertz CT molecular complexity index is 663. The summed E-state index contributed by atoms with van der Waals surface area (Å²) in [6.07, 6.45) is 3.40. The molecule has 1 atom stereocenters. The van der Waals surface area contributed by atoms with Crippen LogP contribution in [0.4, 0.5) is 0 Å². The average molecular weight is 334 g/mol. The summed E-state index contributed by atoms with van der Waals surface area (Å²) < 4.78 is 7.07. The lowest BCUT2D eigenvalue weighted by Crippen LogP contribution is -2.37. The van der Waals surface area contributed by atoms with Gasteiger partial charge in [0.05, 0.1) is 11.7 Å². The minimum atomic E-state index is -0.274. The number of amides is 1. The number of hydrogen-bond donors (Lipinski definition) is 1. The summed E-state index contributed by atoms with van der Waals surface area (Å²) in [7, 11) is 1.86. The summed E-state index contributed by atoms with van der Waals surface area (Å²) in [5.74, 6) is 0.0566. The van der Waals surface area contributed by atoms with Crippen molar-refractivity contribution in [2.45, 2.75) is 18.9 Å². The number of benzene rings is 1. The molecule has 2 heterocycles. The summed E-state index contributed by atoms with van der Waals surface area (Å²) in [6.45, 7) is 1.29. The highest BCUT2D eigenvalue weighted by molar-refractivity contribution is 6.30. The predicted molar refractivity (Wildman–Crippen MR) is 88.2 cm³/mol. The van der Waals surface area contributed by atoms with E-state index in [1.165, 1.54) is 0 Å². The van der Waals surface area contributed by atoms with E-state index in [2.05, 4.69) is 10.4 Å². The van der Waals surface area contributed by atoms with E-state index in [-0.39, 0.29) is 17.9 Å². The van der Waals surface area contributed by atoms with Crippen LogP contribution in [0.2, 0.25) is 5.02 Å². The lowest BCUT2D eigenvalue weighted by Gasteiger charge is -2.24. The second-order valence-corrected chi connectivity index (χ2v) is 6.23. The first-order chi connectivity index (χ1) is 11.1. The molecule has 1 N–H and O–H groups in total. The molecule has 6 heteroatoms. The fourth-order valence-electron chi connectivity index (χ4n) is 2.79. The van der Waals surface area contributed by atoms with Gasteiger partial charge in [0.15, 0.2) is 0 Å². The van der Waals surface area contributed by atoms with Crippen LogP contribution in [0.3, 0.4) is 0 Å². The van der Waals surface area contributed by atoms with Gasteiger partial charge < -0.3 is 10.1 Å². The smallest absolute Gasteiger partial charge is 0.224 e. The molecule has 1 saturated heterocycles. The van der Waals surface area contributed by atoms with E-state index in [1.807, 2.05) is 43.6 Å². The average Bonchev–Trinajstić information content (AvgIpc) is 3.00. The zero-order valence-electron chi connectivity index (χ0n) is 13.0. The second kappa shape index (κ2) is 7.15. The van der Waals surface area contributed by atoms with Gasteiger partial charge in [-0.05, 0) is 36.6 Å². The molecule has 3 rings (SSSR count). The van der Waals surface area contributed by atoms with Crippen molar-refractivity contribution in [3.63, 3.8) is 0 Å². The van der Waals surface area contributed by atoms with Crippen LogP contribution in [-0.2, 0) is 16.6 Å². The number of rotatable bonds is 4. The molecule has 1 amide bonds. The Morgan fingerprint density at radius 2 is 2.00 bits per heavy atom. The Morgan fingerprint density at radius 1 is 1.30 bits per heavy atom. The first-order valence-electron chi connectivity index (χ1n) is 7.76. The molecule has 0 bridgehead atoms. The van der Waals surface area contributed by atoms with E-state index in [4.69, 9.17) is 16.3 Å². The van der Waals surface area contributed by atoms with Crippen molar-refractivity contribution in [1.82, 2.24) is 15.1 Å². The lowest BCUT2D eigenvalue weighted by atomic mass is 9.97. The maximum atomic E-state index is 12.6. The molecule has 122 valence electrons. The Hall–Kier alpha value is -1.85. The van der Waals surface area contributed by atoms with Gasteiger partial charge in [-0.1, -0.05) is 23.7 Å². The van der Waals surface area contributed by atoms with Crippen LogP contribution in [-0.4, -0.2) is 28.9 Å². The van der Waals surface area contributed by atoms with Crippen LogP contribution >= 0.6 is 11.6 Å². The van der Waals surface area contributed by atoms with Crippen molar-refractivity contribution in [3.8, 4) is 0 Å². The van der Waals surface area contributed by atoms with Gasteiger partial charge in [0, 0.05) is 37.4 Å². The summed E-state index contributed by atoms with van der Waals surface area (Å²) in [5, 5.41) is 8.26. The van der Waals surface area contributed by atoms with Crippen molar-refractivity contribution in [2.75, 3.05) is 13.2 Å². The van der Waals surface area contributed by atoms with Crippen LogP contribution in [0, 0.1) is 5.92 Å². The van der Waals surface area contributed by atoms with Crippen molar-refractivity contribution in [2.24, 2.45) is 13.0 Å². The number of ether oxygens (including phenoxy) is 1. The first kappa shape index (κ1) is 16.0. The monoisotopic (exact) mass is 333 g/mol. The quantitative estimate of drug-likeness (QED) is 0.936. The number of carbonyl (C=O) groups excluding carboxylic acids is 1. The van der Waals surface area contributed by atoms with Gasteiger partial charge in [-0.15, -0.1) is 0 Å². The van der Waals surface area contributed by atoms with E-state index >= 15 is 0 Å². The lowest BCUT2D eigenvalue weighted by molar-refractivity contribution is -0.128. The van der Waals surface area contributed by atoms with Gasteiger partial charge in [-0.25, -0.2) is 0 Å². The SMILES string of the molecule is Cn1ccc([C@H](NC(=O)C2CCOCC2)c2ccc(Cl)cc2)n1. The summed E-state index contributed by atoms with van der Waals surface area (Å²) in [5.41, 5.74) is 1.78. The minimum Gasteiger partial charge on any atom is -0.381 e. The van der Waals surface area contributed by atoms with Crippen molar-refractivity contribution < 1.29 is 9.53 Å². The number of hydrogen-bond acceptors (Lipinski definition) is 3. The second-order valence-electron chi connectivity index (χ2n) is 5.79. The molecule has 0 aliphatic carbocycles. The standard InChI is InChI=1S/C17H20ClN3O2/c1-21-9-6-15(20-21)16(12-2-4-14(18)5-3-12)19-17(22)13-7-10-23-11-8-13/h2-6,9,13,16H,7-8,10-11H2,1H3,(H,19,22)/t16-/m1/s1. The maximum absolute atomic E-state index is 12.6. The predicted octanol–water partition coefficient (Wildman–Crippen LogP) is 2.71. The number of nitrogens with zero attached hydrogens (tertiary/aromatic N) is 2. The Balaban J connectivity index is 1.82. The Morgan fingerprint density at radius 3 is 2.61 bits per heavy atom. The van der Waals surface area contributed by atoms with Crippen molar-refractivity contribution >= 4 is 17.5 Å². The van der Waals surface area contributed by atoms with Gasteiger partial charge in [-0.2, -0.15) is 5.10 Å². The van der Waals surface area contributed by atoms with Crippen molar-refractivity contribution in [1.29, 1.82) is 0 Å². The zero-order valence-corrected chi connectivity index (χ0v) is 13.8. The molecule has 0 saturated carbocycles. The third-order valence-electron chi connectivity index (χ3n) is 4.11. The molecular formula is C17H20ClN3O2. The highest BCUT2D eigenvalue weighted by Gasteiger charge is 2.26. The van der Waals surface area contributed by atoms with Gasteiger partial charge in [-0.3, -0.25) is 9.48 Å². The third-order valence-corrected chi connectivity index (χ3v) is 4.36. The molecule has 1 aromatic heterocycles. The molecule has 1 fully saturated rings.